The van der Waals surface area contributed by atoms with Crippen LogP contribution in [0, 0.1) is 0 Å². The lowest BCUT2D eigenvalue weighted by molar-refractivity contribution is 0.164. The molecule has 0 fully saturated rings. The smallest absolute Gasteiger partial charge is 0.0560 e. The molecule has 0 heterocycles. The summed E-state index contributed by atoms with van der Waals surface area (Å²) >= 11 is 1.85. The SMILES string of the molecule is CCOCCSc1ccc2ccccc2c1. The van der Waals surface area contributed by atoms with E-state index in [4.69, 9.17) is 4.74 Å². The summed E-state index contributed by atoms with van der Waals surface area (Å²) in [6, 6.07) is 15.1. The summed E-state index contributed by atoms with van der Waals surface area (Å²) in [5, 5.41) is 2.61. The highest BCUT2D eigenvalue weighted by Crippen LogP contribution is 2.23. The molecular weight excluding hydrogens is 216 g/mol. The highest BCUT2D eigenvalue weighted by atomic mass is 32.2. The van der Waals surface area contributed by atoms with Crippen molar-refractivity contribution in [1.29, 1.82) is 0 Å². The van der Waals surface area contributed by atoms with Gasteiger partial charge in [0.15, 0.2) is 0 Å². The normalized spacial score (nSPS) is 10.8. The Bertz CT molecular complexity index is 453. The quantitative estimate of drug-likeness (QED) is 0.570. The molecule has 1 nitrogen and oxygen atoms in total. The summed E-state index contributed by atoms with van der Waals surface area (Å²) in [7, 11) is 0. The van der Waals surface area contributed by atoms with E-state index >= 15 is 0 Å². The molecule has 0 aliphatic carbocycles. The van der Waals surface area contributed by atoms with Crippen molar-refractivity contribution in [2.24, 2.45) is 0 Å². The van der Waals surface area contributed by atoms with Crippen LogP contribution in [-0.4, -0.2) is 19.0 Å². The average Bonchev–Trinajstić information content (AvgIpc) is 2.34. The van der Waals surface area contributed by atoms with Crippen molar-refractivity contribution >= 4 is 22.5 Å². The van der Waals surface area contributed by atoms with Gasteiger partial charge in [-0.15, -0.1) is 11.8 Å². The van der Waals surface area contributed by atoms with Crippen LogP contribution in [0.15, 0.2) is 47.4 Å². The van der Waals surface area contributed by atoms with Crippen LogP contribution in [-0.2, 0) is 4.74 Å². The van der Waals surface area contributed by atoms with Gasteiger partial charge in [-0.25, -0.2) is 0 Å². The zero-order chi connectivity index (χ0) is 11.2. The Morgan fingerprint density at radius 1 is 1.06 bits per heavy atom. The Hall–Kier alpha value is -0.990. The van der Waals surface area contributed by atoms with Gasteiger partial charge in [0.05, 0.1) is 6.61 Å². The van der Waals surface area contributed by atoms with Crippen LogP contribution in [0.5, 0.6) is 0 Å². The fourth-order valence-electron chi connectivity index (χ4n) is 1.62. The number of fused-ring (bicyclic) bond motifs is 1. The first kappa shape index (κ1) is 11.5. The van der Waals surface area contributed by atoms with Crippen molar-refractivity contribution in [3.63, 3.8) is 0 Å². The maximum Gasteiger partial charge on any atom is 0.0560 e. The summed E-state index contributed by atoms with van der Waals surface area (Å²) in [4.78, 5) is 1.32. The van der Waals surface area contributed by atoms with Gasteiger partial charge >= 0.3 is 0 Å². The molecule has 0 amide bonds. The largest absolute Gasteiger partial charge is 0.381 e. The van der Waals surface area contributed by atoms with Gasteiger partial charge in [0.25, 0.3) is 0 Å². The highest BCUT2D eigenvalue weighted by Gasteiger charge is 1.96. The number of hydrogen-bond donors (Lipinski definition) is 0. The molecule has 2 aromatic carbocycles. The molecule has 0 N–H and O–H groups in total. The average molecular weight is 232 g/mol. The molecule has 0 unspecified atom stereocenters. The summed E-state index contributed by atoms with van der Waals surface area (Å²) in [6.45, 7) is 3.66. The van der Waals surface area contributed by atoms with Gasteiger partial charge < -0.3 is 4.74 Å². The van der Waals surface area contributed by atoms with Gasteiger partial charge in [0.1, 0.15) is 0 Å². The fourth-order valence-corrected chi connectivity index (χ4v) is 2.43. The molecule has 0 saturated heterocycles. The fraction of sp³-hybridized carbons (Fsp3) is 0.286. The number of benzene rings is 2. The van der Waals surface area contributed by atoms with Crippen LogP contribution in [0.4, 0.5) is 0 Å². The highest BCUT2D eigenvalue weighted by molar-refractivity contribution is 7.99. The van der Waals surface area contributed by atoms with Crippen molar-refractivity contribution in [3.8, 4) is 0 Å². The molecule has 2 rings (SSSR count). The lowest BCUT2D eigenvalue weighted by atomic mass is 10.1. The topological polar surface area (TPSA) is 9.23 Å². The number of rotatable bonds is 5. The minimum absolute atomic E-state index is 0.804. The van der Waals surface area contributed by atoms with Crippen molar-refractivity contribution in [2.75, 3.05) is 19.0 Å². The Kier molecular flexibility index (Phi) is 4.25. The lowest BCUT2D eigenvalue weighted by Gasteiger charge is -2.03. The van der Waals surface area contributed by atoms with Gasteiger partial charge in [0.2, 0.25) is 0 Å². The van der Waals surface area contributed by atoms with Gasteiger partial charge in [-0.2, -0.15) is 0 Å². The molecule has 0 bridgehead atoms. The molecule has 84 valence electrons. The molecular formula is C14H16OS. The zero-order valence-corrected chi connectivity index (χ0v) is 10.3. The van der Waals surface area contributed by atoms with Gasteiger partial charge in [0, 0.05) is 17.3 Å². The van der Waals surface area contributed by atoms with Crippen molar-refractivity contribution in [2.45, 2.75) is 11.8 Å². The molecule has 2 aromatic rings. The van der Waals surface area contributed by atoms with Gasteiger partial charge in [-0.1, -0.05) is 30.3 Å². The van der Waals surface area contributed by atoms with Crippen molar-refractivity contribution in [3.05, 3.63) is 42.5 Å². The zero-order valence-electron chi connectivity index (χ0n) is 9.48. The van der Waals surface area contributed by atoms with Crippen molar-refractivity contribution < 1.29 is 4.74 Å². The molecule has 0 spiro atoms. The first-order valence-electron chi connectivity index (χ1n) is 5.59. The minimum atomic E-state index is 0.804. The summed E-state index contributed by atoms with van der Waals surface area (Å²) < 4.78 is 5.32. The first-order chi connectivity index (χ1) is 7.90. The number of ether oxygens (including phenoxy) is 1. The minimum Gasteiger partial charge on any atom is -0.381 e. The molecule has 2 heteroatoms. The van der Waals surface area contributed by atoms with Crippen LogP contribution in [0.1, 0.15) is 6.92 Å². The Labute approximate surface area is 101 Å². The van der Waals surface area contributed by atoms with Crippen LogP contribution < -0.4 is 0 Å². The second kappa shape index (κ2) is 5.92. The number of thioether (sulfide) groups is 1. The summed E-state index contributed by atoms with van der Waals surface area (Å²) in [6.07, 6.45) is 0. The van der Waals surface area contributed by atoms with Crippen LogP contribution in [0.3, 0.4) is 0 Å². The molecule has 0 aromatic heterocycles. The molecule has 0 atom stereocenters. The third-order valence-corrected chi connectivity index (χ3v) is 3.38. The van der Waals surface area contributed by atoms with Crippen LogP contribution in [0.2, 0.25) is 0 Å². The van der Waals surface area contributed by atoms with E-state index in [2.05, 4.69) is 42.5 Å². The van der Waals surface area contributed by atoms with Crippen LogP contribution in [0.25, 0.3) is 10.8 Å². The second-order valence-electron chi connectivity index (χ2n) is 3.55. The standard InChI is InChI=1S/C14H16OS/c1-2-15-9-10-16-14-8-7-12-5-3-4-6-13(12)11-14/h3-8,11H,2,9-10H2,1H3. The van der Waals surface area contributed by atoms with E-state index in [9.17, 15) is 0 Å². The van der Waals surface area contributed by atoms with Crippen LogP contribution >= 0.6 is 11.8 Å². The predicted molar refractivity (Wildman–Crippen MR) is 71.2 cm³/mol. The summed E-state index contributed by atoms with van der Waals surface area (Å²) in [5.41, 5.74) is 0. The van der Waals surface area contributed by atoms with Crippen molar-refractivity contribution in [1.82, 2.24) is 0 Å². The third-order valence-electron chi connectivity index (χ3n) is 2.42. The van der Waals surface area contributed by atoms with Gasteiger partial charge in [-0.05, 0) is 29.8 Å². The maximum atomic E-state index is 5.32. The predicted octanol–water partition coefficient (Wildman–Crippen LogP) is 3.97. The first-order valence-corrected chi connectivity index (χ1v) is 6.58. The molecule has 0 saturated carbocycles. The number of hydrogen-bond acceptors (Lipinski definition) is 2. The second-order valence-corrected chi connectivity index (χ2v) is 4.72. The lowest BCUT2D eigenvalue weighted by Crippen LogP contribution is -1.95. The van der Waals surface area contributed by atoms with Gasteiger partial charge in [-0.3, -0.25) is 0 Å². The Balaban J connectivity index is 2.02. The van der Waals surface area contributed by atoms with E-state index in [1.165, 1.54) is 15.7 Å². The van der Waals surface area contributed by atoms with E-state index in [1.54, 1.807) is 0 Å². The van der Waals surface area contributed by atoms with E-state index < -0.39 is 0 Å². The molecule has 0 aliphatic rings. The molecule has 0 radical (unpaired) electrons. The summed E-state index contributed by atoms with van der Waals surface area (Å²) in [5.74, 6) is 1.02. The molecule has 16 heavy (non-hydrogen) atoms. The Morgan fingerprint density at radius 3 is 2.69 bits per heavy atom. The van der Waals surface area contributed by atoms with E-state index in [0.29, 0.717) is 0 Å². The van der Waals surface area contributed by atoms with E-state index in [1.807, 2.05) is 18.7 Å². The van der Waals surface area contributed by atoms with E-state index in [0.717, 1.165) is 19.0 Å². The monoisotopic (exact) mass is 232 g/mol. The van der Waals surface area contributed by atoms with E-state index in [-0.39, 0.29) is 0 Å². The Morgan fingerprint density at radius 2 is 1.88 bits per heavy atom. The third kappa shape index (κ3) is 3.00. The molecule has 0 aliphatic heterocycles. The maximum absolute atomic E-state index is 5.32.